The molecule has 0 aliphatic carbocycles. The van der Waals surface area contributed by atoms with E-state index in [4.69, 9.17) is 4.42 Å². The van der Waals surface area contributed by atoms with Crippen LogP contribution in [-0.4, -0.2) is 33.1 Å². The van der Waals surface area contributed by atoms with Crippen LogP contribution in [0.2, 0.25) is 0 Å². The summed E-state index contributed by atoms with van der Waals surface area (Å²) in [4.78, 5) is 39.2. The molecule has 5 rings (SSSR count). The third kappa shape index (κ3) is 4.11. The molecule has 0 radical (unpaired) electrons. The van der Waals surface area contributed by atoms with Gasteiger partial charge in [-0.15, -0.1) is 0 Å². The Bertz CT molecular complexity index is 1420. The van der Waals surface area contributed by atoms with Gasteiger partial charge in [-0.1, -0.05) is 30.3 Å². The third-order valence-electron chi connectivity index (χ3n) is 6.20. The van der Waals surface area contributed by atoms with Gasteiger partial charge in [-0.05, 0) is 43.7 Å². The van der Waals surface area contributed by atoms with Crippen LogP contribution in [0.1, 0.15) is 24.2 Å². The van der Waals surface area contributed by atoms with Crippen molar-refractivity contribution in [1.29, 1.82) is 0 Å². The van der Waals surface area contributed by atoms with Crippen molar-refractivity contribution in [3.8, 4) is 16.9 Å². The van der Waals surface area contributed by atoms with Crippen LogP contribution in [0.5, 0.6) is 5.75 Å². The van der Waals surface area contributed by atoms with Crippen LogP contribution in [0.15, 0.2) is 62.7 Å². The average molecular weight is 444 g/mol. The molecule has 33 heavy (non-hydrogen) atoms. The molecule has 4 heterocycles. The molecule has 0 bridgehead atoms. The van der Waals surface area contributed by atoms with E-state index in [1.54, 1.807) is 6.92 Å². The minimum absolute atomic E-state index is 0.0743. The predicted octanol–water partition coefficient (Wildman–Crippen LogP) is 3.41. The number of rotatable bonds is 4. The van der Waals surface area contributed by atoms with Gasteiger partial charge in [-0.3, -0.25) is 9.78 Å². The smallest absolute Gasteiger partial charge is 0.347 e. The quantitative estimate of drug-likeness (QED) is 0.496. The number of aryl methyl sites for hydroxylation is 1. The van der Waals surface area contributed by atoms with Gasteiger partial charge in [0.15, 0.2) is 5.65 Å². The highest BCUT2D eigenvalue weighted by molar-refractivity contribution is 5.93. The van der Waals surface area contributed by atoms with Crippen LogP contribution < -0.4 is 16.1 Å². The Morgan fingerprint density at radius 2 is 1.91 bits per heavy atom. The fourth-order valence-corrected chi connectivity index (χ4v) is 4.55. The normalized spacial score (nSPS) is 14.6. The Labute approximate surface area is 189 Å². The van der Waals surface area contributed by atoms with E-state index in [1.165, 1.54) is 23.9 Å². The largest absolute Gasteiger partial charge is 0.507 e. The number of hydrogen-bond donors (Lipinski definition) is 2. The molecule has 8 nitrogen and oxygen atoms in total. The molecule has 3 aromatic heterocycles. The molecule has 4 aromatic rings. The zero-order valence-electron chi connectivity index (χ0n) is 18.2. The Hall–Kier alpha value is -3.94. The maximum absolute atomic E-state index is 13.1. The Balaban J connectivity index is 1.43. The second-order valence-corrected chi connectivity index (χ2v) is 8.47. The van der Waals surface area contributed by atoms with E-state index in [9.17, 15) is 14.7 Å². The number of nitrogens with one attached hydrogen (secondary N) is 1. The maximum Gasteiger partial charge on any atom is 0.347 e. The van der Waals surface area contributed by atoms with E-state index in [0.717, 1.165) is 32.4 Å². The van der Waals surface area contributed by atoms with Crippen molar-refractivity contribution in [3.05, 3.63) is 80.8 Å². The van der Waals surface area contributed by atoms with E-state index in [1.807, 2.05) is 6.07 Å². The van der Waals surface area contributed by atoms with E-state index >= 15 is 0 Å². The molecule has 0 amide bonds. The summed E-state index contributed by atoms with van der Waals surface area (Å²) >= 11 is 0. The van der Waals surface area contributed by atoms with Crippen LogP contribution in [0.3, 0.4) is 0 Å². The minimum atomic E-state index is -0.719. The standard InChI is InChI=1S/C25H24N4O4/c1-15-13-19(30)20(24(32)33-15)18-7-10-26-22-21(18)23(31)28-25(27-22)29-11-8-17(9-12-29)14-16-5-3-2-4-6-16/h2-7,10,13,17,30H,8-9,11-12,14H2,1H3,(H,26,27,28,31). The number of hydrogen-bond acceptors (Lipinski definition) is 7. The van der Waals surface area contributed by atoms with Gasteiger partial charge in [0.1, 0.15) is 17.1 Å². The summed E-state index contributed by atoms with van der Waals surface area (Å²) < 4.78 is 5.13. The van der Waals surface area contributed by atoms with Gasteiger partial charge >= 0.3 is 5.63 Å². The number of aromatic amines is 1. The van der Waals surface area contributed by atoms with E-state index in [2.05, 4.69) is 44.1 Å². The van der Waals surface area contributed by atoms with E-state index in [-0.39, 0.29) is 33.7 Å². The number of aromatic hydroxyl groups is 1. The summed E-state index contributed by atoms with van der Waals surface area (Å²) in [6.07, 6.45) is 4.52. The van der Waals surface area contributed by atoms with E-state index < -0.39 is 11.2 Å². The SMILES string of the molecule is Cc1cc(O)c(-c2ccnc3nc(N4CCC(Cc5ccccc5)CC4)[nH]c(=O)c23)c(=O)o1. The molecule has 1 aliphatic rings. The molecular formula is C25H24N4O4. The Kier molecular flexibility index (Phi) is 5.42. The van der Waals surface area contributed by atoms with Crippen molar-refractivity contribution >= 4 is 17.0 Å². The lowest BCUT2D eigenvalue weighted by atomic mass is 9.90. The van der Waals surface area contributed by atoms with Gasteiger partial charge in [0.2, 0.25) is 5.95 Å². The fraction of sp³-hybridized carbons (Fsp3) is 0.280. The van der Waals surface area contributed by atoms with Crippen molar-refractivity contribution < 1.29 is 9.52 Å². The highest BCUT2D eigenvalue weighted by Gasteiger charge is 2.23. The topological polar surface area (TPSA) is 112 Å². The Morgan fingerprint density at radius 3 is 2.64 bits per heavy atom. The van der Waals surface area contributed by atoms with Gasteiger partial charge in [0.25, 0.3) is 5.56 Å². The fourth-order valence-electron chi connectivity index (χ4n) is 4.55. The maximum atomic E-state index is 13.1. The van der Waals surface area contributed by atoms with Crippen molar-refractivity contribution in [2.75, 3.05) is 18.0 Å². The average Bonchev–Trinajstić information content (AvgIpc) is 2.79. The van der Waals surface area contributed by atoms with Gasteiger partial charge < -0.3 is 14.4 Å². The lowest BCUT2D eigenvalue weighted by Gasteiger charge is -2.32. The van der Waals surface area contributed by atoms with Crippen molar-refractivity contribution in [3.63, 3.8) is 0 Å². The van der Waals surface area contributed by atoms with Gasteiger partial charge in [0.05, 0.1) is 5.39 Å². The number of nitrogens with zero attached hydrogens (tertiary/aromatic N) is 3. The third-order valence-corrected chi connectivity index (χ3v) is 6.20. The first-order valence-electron chi connectivity index (χ1n) is 11.0. The minimum Gasteiger partial charge on any atom is -0.507 e. The summed E-state index contributed by atoms with van der Waals surface area (Å²) in [5.74, 6) is 1.09. The number of pyridine rings is 1. The van der Waals surface area contributed by atoms with Crippen molar-refractivity contribution in [2.24, 2.45) is 5.92 Å². The van der Waals surface area contributed by atoms with Gasteiger partial charge in [-0.2, -0.15) is 4.98 Å². The number of anilines is 1. The first-order chi connectivity index (χ1) is 16.0. The molecule has 1 fully saturated rings. The highest BCUT2D eigenvalue weighted by atomic mass is 16.4. The van der Waals surface area contributed by atoms with Crippen molar-refractivity contribution in [2.45, 2.75) is 26.2 Å². The number of piperidine rings is 1. The van der Waals surface area contributed by atoms with Gasteiger partial charge in [0, 0.05) is 30.9 Å². The van der Waals surface area contributed by atoms with Gasteiger partial charge in [-0.25, -0.2) is 9.78 Å². The molecule has 8 heteroatoms. The van der Waals surface area contributed by atoms with Crippen LogP contribution in [0.25, 0.3) is 22.2 Å². The molecule has 0 unspecified atom stereocenters. The molecule has 0 atom stereocenters. The number of benzene rings is 1. The first-order valence-corrected chi connectivity index (χ1v) is 11.0. The van der Waals surface area contributed by atoms with Crippen LogP contribution in [0, 0.1) is 12.8 Å². The number of H-pyrrole nitrogens is 1. The second-order valence-electron chi connectivity index (χ2n) is 8.47. The summed E-state index contributed by atoms with van der Waals surface area (Å²) in [6.45, 7) is 3.14. The molecule has 0 saturated carbocycles. The summed E-state index contributed by atoms with van der Waals surface area (Å²) in [6, 6.07) is 13.3. The van der Waals surface area contributed by atoms with E-state index in [0.29, 0.717) is 11.9 Å². The lowest BCUT2D eigenvalue weighted by molar-refractivity contribution is 0.400. The second kappa shape index (κ2) is 8.54. The number of fused-ring (bicyclic) bond motifs is 1. The zero-order chi connectivity index (χ0) is 22.9. The zero-order valence-corrected chi connectivity index (χ0v) is 18.2. The Morgan fingerprint density at radius 1 is 1.15 bits per heavy atom. The summed E-state index contributed by atoms with van der Waals surface area (Å²) in [5.41, 5.74) is 0.599. The molecular weight excluding hydrogens is 420 g/mol. The predicted molar refractivity (Wildman–Crippen MR) is 126 cm³/mol. The van der Waals surface area contributed by atoms with Crippen LogP contribution in [-0.2, 0) is 6.42 Å². The van der Waals surface area contributed by atoms with Crippen molar-refractivity contribution in [1.82, 2.24) is 15.0 Å². The highest BCUT2D eigenvalue weighted by Crippen LogP contribution is 2.30. The van der Waals surface area contributed by atoms with Crippen LogP contribution >= 0.6 is 0 Å². The number of aromatic nitrogens is 3. The molecule has 0 spiro atoms. The monoisotopic (exact) mass is 444 g/mol. The molecule has 1 aromatic carbocycles. The molecule has 1 aliphatic heterocycles. The molecule has 2 N–H and O–H groups in total. The summed E-state index contributed by atoms with van der Waals surface area (Å²) in [7, 11) is 0. The first kappa shape index (κ1) is 20.9. The van der Waals surface area contributed by atoms with Crippen LogP contribution in [0.4, 0.5) is 5.95 Å². The molecule has 1 saturated heterocycles. The summed E-state index contributed by atoms with van der Waals surface area (Å²) in [5, 5.41) is 10.5. The molecule has 168 valence electrons. The lowest BCUT2D eigenvalue weighted by Crippen LogP contribution is -2.36.